The van der Waals surface area contributed by atoms with Crippen molar-refractivity contribution < 1.29 is 36.7 Å². The Kier molecular flexibility index (Phi) is 7.60. The third kappa shape index (κ3) is 4.89. The van der Waals surface area contributed by atoms with Crippen LogP contribution >= 0.6 is 0 Å². The first kappa shape index (κ1) is 24.3. The Morgan fingerprint density at radius 2 is 2.16 bits per heavy atom. The summed E-state index contributed by atoms with van der Waals surface area (Å²) in [4.78, 5) is 12.1. The summed E-state index contributed by atoms with van der Waals surface area (Å²) >= 11 is 0. The quantitative estimate of drug-likeness (QED) is 0.675. The molecule has 174 valence electrons. The molecule has 4 rings (SSSR count). The highest BCUT2D eigenvalue weighted by molar-refractivity contribution is 5.90. The van der Waals surface area contributed by atoms with Crippen molar-refractivity contribution in [1.82, 2.24) is 0 Å². The maximum Gasteiger partial charge on any atom is 0.337 e. The molecule has 0 radical (unpaired) electrons. The van der Waals surface area contributed by atoms with Crippen LogP contribution in [0.5, 0.6) is 5.75 Å². The average Bonchev–Trinajstić information content (AvgIpc) is 2.73. The monoisotopic (exact) mass is 451 g/mol. The number of halogens is 1. The smallest absolute Gasteiger partial charge is 0.337 e. The maximum absolute atomic E-state index is 12.1. The summed E-state index contributed by atoms with van der Waals surface area (Å²) < 4.78 is 18.3. The zero-order valence-electron chi connectivity index (χ0n) is 19.4. The summed E-state index contributed by atoms with van der Waals surface area (Å²) in [5.41, 5.74) is 1.61. The van der Waals surface area contributed by atoms with Gasteiger partial charge in [-0.25, -0.2) is 4.79 Å². The molecule has 1 spiro atoms. The zero-order valence-corrected chi connectivity index (χ0v) is 20.2. The second-order valence-electron chi connectivity index (χ2n) is 10.4. The van der Waals surface area contributed by atoms with Gasteiger partial charge < -0.3 is 31.9 Å². The zero-order chi connectivity index (χ0) is 21.4. The Labute approximate surface area is 193 Å². The Bertz CT molecular complexity index is 777. The Morgan fingerprint density at radius 1 is 1.35 bits per heavy atom. The molecule has 1 unspecified atom stereocenters. The van der Waals surface area contributed by atoms with E-state index in [2.05, 4.69) is 26.1 Å². The van der Waals surface area contributed by atoms with Gasteiger partial charge in [-0.05, 0) is 57.1 Å². The predicted molar refractivity (Wildman–Crippen MR) is 116 cm³/mol. The molecule has 2 saturated heterocycles. The number of carbonyl (C=O) groups excluding carboxylic acids is 1. The lowest BCUT2D eigenvalue weighted by atomic mass is 9.64. The molecule has 0 aromatic heterocycles. The first-order valence-electron chi connectivity index (χ1n) is 11.7. The van der Waals surface area contributed by atoms with Crippen LogP contribution in [0.3, 0.4) is 0 Å². The number of hydrogen-bond donors (Lipinski definition) is 1. The topological polar surface area (TPSA) is 61.4 Å². The molecule has 0 amide bonds. The van der Waals surface area contributed by atoms with Crippen LogP contribution in [0.25, 0.3) is 0 Å². The molecule has 0 aliphatic carbocycles. The highest BCUT2D eigenvalue weighted by atomic mass is 35.5. The molecule has 4 atom stereocenters. The summed E-state index contributed by atoms with van der Waals surface area (Å²) in [5, 5.41) is 2.46. The minimum atomic E-state index is -0.328. The number of benzene rings is 1. The Morgan fingerprint density at radius 3 is 2.84 bits per heavy atom. The van der Waals surface area contributed by atoms with Gasteiger partial charge in [0, 0.05) is 16.9 Å². The van der Waals surface area contributed by atoms with Gasteiger partial charge in [0.1, 0.15) is 11.4 Å². The van der Waals surface area contributed by atoms with Crippen LogP contribution in [0.2, 0.25) is 0 Å². The number of piperidine rings is 1. The number of ether oxygens (including phenoxy) is 3. The largest absolute Gasteiger partial charge is 1.00 e. The summed E-state index contributed by atoms with van der Waals surface area (Å²) in [5.74, 6) is 1.48. The van der Waals surface area contributed by atoms with Crippen molar-refractivity contribution >= 4 is 5.97 Å². The molecule has 3 heterocycles. The first-order valence-corrected chi connectivity index (χ1v) is 11.7. The van der Waals surface area contributed by atoms with Gasteiger partial charge >= 0.3 is 5.97 Å². The SMILES string of the molecule is COC(=O)c1ccc2c(c1)O[C@](C)(CCCC(C)C)[C@@H]1CC3(CCC[NH2+]C3)CO[C@@H]21.[Cl-]. The second kappa shape index (κ2) is 9.68. The van der Waals surface area contributed by atoms with Crippen LogP contribution in [-0.2, 0) is 9.47 Å². The van der Waals surface area contributed by atoms with Gasteiger partial charge in [-0.15, -0.1) is 0 Å². The lowest BCUT2D eigenvalue weighted by Crippen LogP contribution is -3.00. The molecule has 2 N–H and O–H groups in total. The molecule has 1 aromatic rings. The van der Waals surface area contributed by atoms with E-state index in [1.807, 2.05) is 18.2 Å². The number of nitrogens with two attached hydrogens (primary N) is 1. The molecular formula is C25H38ClNO4. The third-order valence-corrected chi connectivity index (χ3v) is 7.60. The van der Waals surface area contributed by atoms with Crippen molar-refractivity contribution in [1.29, 1.82) is 0 Å². The molecule has 3 aliphatic heterocycles. The molecule has 5 nitrogen and oxygen atoms in total. The fraction of sp³-hybridized carbons (Fsp3) is 0.720. The molecule has 6 heteroatoms. The van der Waals surface area contributed by atoms with Gasteiger partial charge in [0.05, 0.1) is 38.5 Å². The van der Waals surface area contributed by atoms with Gasteiger partial charge in [-0.3, -0.25) is 0 Å². The number of carbonyl (C=O) groups is 1. The van der Waals surface area contributed by atoms with E-state index in [0.29, 0.717) is 17.4 Å². The fourth-order valence-corrected chi connectivity index (χ4v) is 5.83. The highest BCUT2D eigenvalue weighted by Gasteiger charge is 2.54. The van der Waals surface area contributed by atoms with Gasteiger partial charge in [0.15, 0.2) is 0 Å². The molecule has 3 aliphatic rings. The van der Waals surface area contributed by atoms with Gasteiger partial charge in [-0.1, -0.05) is 26.3 Å². The fourth-order valence-electron chi connectivity index (χ4n) is 5.83. The Hall–Kier alpha value is -1.30. The van der Waals surface area contributed by atoms with E-state index in [1.54, 1.807) is 0 Å². The lowest BCUT2D eigenvalue weighted by Gasteiger charge is -2.54. The lowest BCUT2D eigenvalue weighted by molar-refractivity contribution is -0.678. The van der Waals surface area contributed by atoms with E-state index in [4.69, 9.17) is 14.2 Å². The number of fused-ring (bicyclic) bond motifs is 3. The first-order chi connectivity index (χ1) is 14.4. The number of hydrogen-bond acceptors (Lipinski definition) is 4. The van der Waals surface area contributed by atoms with Crippen molar-refractivity contribution in [2.45, 2.75) is 71.0 Å². The highest BCUT2D eigenvalue weighted by Crippen LogP contribution is 2.55. The number of rotatable bonds is 5. The minimum absolute atomic E-state index is 0. The molecule has 31 heavy (non-hydrogen) atoms. The molecule has 0 bridgehead atoms. The van der Waals surface area contributed by atoms with E-state index in [9.17, 15) is 4.79 Å². The van der Waals surface area contributed by atoms with Gasteiger partial charge in [0.2, 0.25) is 0 Å². The van der Waals surface area contributed by atoms with Gasteiger partial charge in [0.25, 0.3) is 0 Å². The van der Waals surface area contributed by atoms with E-state index >= 15 is 0 Å². The Balaban J connectivity index is 0.00000272. The van der Waals surface area contributed by atoms with E-state index in [1.165, 1.54) is 32.9 Å². The predicted octanol–water partition coefficient (Wildman–Crippen LogP) is 0.876. The summed E-state index contributed by atoms with van der Waals surface area (Å²) in [6, 6.07) is 5.70. The van der Waals surface area contributed by atoms with Crippen molar-refractivity contribution in [2.24, 2.45) is 17.3 Å². The van der Waals surface area contributed by atoms with Crippen molar-refractivity contribution in [2.75, 3.05) is 26.8 Å². The van der Waals surface area contributed by atoms with Crippen LogP contribution in [0, 0.1) is 17.3 Å². The van der Waals surface area contributed by atoms with E-state index in [0.717, 1.165) is 43.7 Å². The maximum atomic E-state index is 12.1. The standard InChI is InChI=1S/C25H37NO4.ClH/c1-17(2)7-5-10-24(3)20-14-25(11-6-12-26-15-25)16-29-22(20)19-9-8-18(23(27)28-4)13-21(19)30-24;/h8-9,13,17,20,22,26H,5-7,10-12,14-16H2,1-4H3;1H/t20-,22+,24-,25?;/m1./s1. The second-order valence-corrected chi connectivity index (χ2v) is 10.4. The van der Waals surface area contributed by atoms with E-state index in [-0.39, 0.29) is 35.5 Å². The normalized spacial score (nSPS) is 31.9. The van der Waals surface area contributed by atoms with Crippen molar-refractivity contribution in [3.05, 3.63) is 29.3 Å². The molecular weight excluding hydrogens is 414 g/mol. The third-order valence-electron chi connectivity index (χ3n) is 7.60. The minimum Gasteiger partial charge on any atom is -1.00 e. The van der Waals surface area contributed by atoms with Crippen molar-refractivity contribution in [3.63, 3.8) is 0 Å². The van der Waals surface area contributed by atoms with E-state index < -0.39 is 0 Å². The molecule has 1 aromatic carbocycles. The molecule has 2 fully saturated rings. The summed E-state index contributed by atoms with van der Waals surface area (Å²) in [7, 11) is 1.42. The average molecular weight is 452 g/mol. The number of esters is 1. The number of methoxy groups -OCH3 is 1. The van der Waals surface area contributed by atoms with Crippen molar-refractivity contribution in [3.8, 4) is 5.75 Å². The summed E-state index contributed by atoms with van der Waals surface area (Å²) in [6.07, 6.45) is 7.07. The van der Waals surface area contributed by atoms with Gasteiger partial charge in [-0.2, -0.15) is 0 Å². The molecule has 0 saturated carbocycles. The van der Waals surface area contributed by atoms with Crippen LogP contribution in [0.1, 0.15) is 81.3 Å². The van der Waals surface area contributed by atoms with Crippen LogP contribution in [-0.4, -0.2) is 38.4 Å². The van der Waals surface area contributed by atoms with Crippen LogP contribution < -0.4 is 22.5 Å². The van der Waals surface area contributed by atoms with Crippen LogP contribution in [0.15, 0.2) is 18.2 Å². The number of quaternary nitrogens is 1. The van der Waals surface area contributed by atoms with Crippen LogP contribution in [0.4, 0.5) is 0 Å². The summed E-state index contributed by atoms with van der Waals surface area (Å²) in [6.45, 7) is 10.0.